The zero-order valence-electron chi connectivity index (χ0n) is 12.1. The van der Waals surface area contributed by atoms with Crippen LogP contribution in [0.5, 0.6) is 5.75 Å². The molecule has 0 unspecified atom stereocenters. The van der Waals surface area contributed by atoms with E-state index in [2.05, 4.69) is 45.9 Å². The van der Waals surface area contributed by atoms with Gasteiger partial charge in [-0.25, -0.2) is 0 Å². The van der Waals surface area contributed by atoms with E-state index in [0.29, 0.717) is 0 Å². The van der Waals surface area contributed by atoms with Crippen molar-refractivity contribution in [2.75, 3.05) is 0 Å². The Hall–Kier alpha value is -0.980. The van der Waals surface area contributed by atoms with Crippen LogP contribution in [0, 0.1) is 5.92 Å². The molecule has 0 atom stereocenters. The molecule has 1 aromatic rings. The summed E-state index contributed by atoms with van der Waals surface area (Å²) in [7, 11) is 0. The zero-order chi connectivity index (χ0) is 13.1. The van der Waals surface area contributed by atoms with Gasteiger partial charge in [0.2, 0.25) is 0 Å². The number of hydrogen-bond acceptors (Lipinski definition) is 1. The van der Waals surface area contributed by atoms with Crippen LogP contribution in [0.15, 0.2) is 18.2 Å². The van der Waals surface area contributed by atoms with E-state index in [0.717, 1.165) is 24.5 Å². The molecule has 0 radical (unpaired) electrons. The second-order valence-corrected chi connectivity index (χ2v) is 5.58. The largest absolute Gasteiger partial charge is 0.487 e. The Balaban J connectivity index is 0.000000686. The molecule has 0 fully saturated rings. The van der Waals surface area contributed by atoms with Crippen molar-refractivity contribution in [1.82, 2.24) is 0 Å². The van der Waals surface area contributed by atoms with Crippen LogP contribution in [0.1, 0.15) is 52.7 Å². The predicted molar refractivity (Wildman–Crippen MR) is 74.7 cm³/mol. The molecular weight excluding hydrogens is 208 g/mol. The van der Waals surface area contributed by atoms with Gasteiger partial charge in [-0.3, -0.25) is 0 Å². The first-order valence-electron chi connectivity index (χ1n) is 6.77. The Bertz CT molecular complexity index is 364. The van der Waals surface area contributed by atoms with Crippen molar-refractivity contribution in [3.63, 3.8) is 0 Å². The molecular formula is C16H26O. The first-order chi connectivity index (χ1) is 7.96. The molecule has 1 aliphatic rings. The summed E-state index contributed by atoms with van der Waals surface area (Å²) in [5, 5.41) is 0. The fraction of sp³-hybridized carbons (Fsp3) is 0.625. The first kappa shape index (κ1) is 14.1. The average Bonchev–Trinajstić information content (AvgIpc) is 2.53. The lowest BCUT2D eigenvalue weighted by Crippen LogP contribution is -2.24. The van der Waals surface area contributed by atoms with E-state index in [1.807, 2.05) is 13.8 Å². The van der Waals surface area contributed by atoms with Crippen LogP contribution in [0.3, 0.4) is 0 Å². The van der Waals surface area contributed by atoms with Gasteiger partial charge in [-0.05, 0) is 43.4 Å². The second kappa shape index (κ2) is 5.57. The van der Waals surface area contributed by atoms with Crippen molar-refractivity contribution in [1.29, 1.82) is 0 Å². The first-order valence-corrected chi connectivity index (χ1v) is 6.77. The van der Waals surface area contributed by atoms with Crippen molar-refractivity contribution >= 4 is 0 Å². The van der Waals surface area contributed by atoms with Crippen molar-refractivity contribution in [3.05, 3.63) is 29.3 Å². The lowest BCUT2D eigenvalue weighted by molar-refractivity contribution is 0.138. The normalized spacial score (nSPS) is 15.9. The molecule has 1 aromatic carbocycles. The van der Waals surface area contributed by atoms with Crippen molar-refractivity contribution < 1.29 is 4.74 Å². The fourth-order valence-corrected chi connectivity index (χ4v) is 2.26. The Labute approximate surface area is 106 Å². The van der Waals surface area contributed by atoms with Crippen molar-refractivity contribution in [2.24, 2.45) is 5.92 Å². The zero-order valence-corrected chi connectivity index (χ0v) is 12.1. The summed E-state index contributed by atoms with van der Waals surface area (Å²) < 4.78 is 5.85. The van der Waals surface area contributed by atoms with Crippen LogP contribution >= 0.6 is 0 Å². The summed E-state index contributed by atoms with van der Waals surface area (Å²) in [5.41, 5.74) is 2.79. The molecule has 0 aromatic heterocycles. The van der Waals surface area contributed by atoms with E-state index in [1.165, 1.54) is 11.1 Å². The molecule has 0 amide bonds. The smallest absolute Gasteiger partial charge is 0.123 e. The summed E-state index contributed by atoms with van der Waals surface area (Å²) >= 11 is 0. The van der Waals surface area contributed by atoms with Gasteiger partial charge in [0.1, 0.15) is 11.4 Å². The molecule has 17 heavy (non-hydrogen) atoms. The molecule has 2 rings (SSSR count). The van der Waals surface area contributed by atoms with Crippen molar-refractivity contribution in [3.8, 4) is 5.75 Å². The van der Waals surface area contributed by atoms with Gasteiger partial charge in [0.05, 0.1) is 0 Å². The topological polar surface area (TPSA) is 9.23 Å². The van der Waals surface area contributed by atoms with Gasteiger partial charge in [-0.15, -0.1) is 0 Å². The average molecular weight is 234 g/mol. The highest BCUT2D eigenvalue weighted by Crippen LogP contribution is 2.35. The minimum atomic E-state index is -0.0151. The van der Waals surface area contributed by atoms with E-state index in [1.54, 1.807) is 0 Å². The number of rotatable bonds is 2. The Morgan fingerprint density at radius 3 is 2.47 bits per heavy atom. The molecule has 1 heterocycles. The molecule has 1 aliphatic heterocycles. The lowest BCUT2D eigenvalue weighted by atomic mass is 9.97. The van der Waals surface area contributed by atoms with Gasteiger partial charge in [-0.2, -0.15) is 0 Å². The predicted octanol–water partition coefficient (Wildman–Crippen LogP) is 4.62. The maximum Gasteiger partial charge on any atom is 0.123 e. The van der Waals surface area contributed by atoms with Crippen molar-refractivity contribution in [2.45, 2.75) is 60.0 Å². The van der Waals surface area contributed by atoms with Gasteiger partial charge < -0.3 is 4.74 Å². The molecule has 0 bridgehead atoms. The van der Waals surface area contributed by atoms with Crippen LogP contribution < -0.4 is 4.74 Å². The van der Waals surface area contributed by atoms with Gasteiger partial charge >= 0.3 is 0 Å². The molecule has 0 aliphatic carbocycles. The number of benzene rings is 1. The van der Waals surface area contributed by atoms with Crippen LogP contribution in [0.4, 0.5) is 0 Å². The van der Waals surface area contributed by atoms with E-state index < -0.39 is 0 Å². The molecule has 0 saturated carbocycles. The van der Waals surface area contributed by atoms with Crippen LogP contribution in [0.25, 0.3) is 0 Å². The van der Waals surface area contributed by atoms with Crippen LogP contribution in [0.2, 0.25) is 0 Å². The third-order valence-corrected chi connectivity index (χ3v) is 2.77. The highest BCUT2D eigenvalue weighted by Gasteiger charge is 2.29. The monoisotopic (exact) mass is 234 g/mol. The minimum absolute atomic E-state index is 0.0151. The standard InChI is InChI=1S/C14H20O.C2H6/c1-10(2)7-11-5-6-13-12(8-11)9-14(3,4)15-13;1-2/h5-6,8,10H,7,9H2,1-4H3;1-2H3. The van der Waals surface area contributed by atoms with E-state index in [-0.39, 0.29) is 5.60 Å². The third kappa shape index (κ3) is 3.76. The van der Waals surface area contributed by atoms with Gasteiger partial charge in [0, 0.05) is 6.42 Å². The quantitative estimate of drug-likeness (QED) is 0.725. The van der Waals surface area contributed by atoms with E-state index in [4.69, 9.17) is 4.74 Å². The molecule has 1 heteroatoms. The van der Waals surface area contributed by atoms with Crippen LogP contribution in [-0.4, -0.2) is 5.60 Å². The number of ether oxygens (including phenoxy) is 1. The van der Waals surface area contributed by atoms with Gasteiger partial charge in [0.25, 0.3) is 0 Å². The maximum absolute atomic E-state index is 5.85. The van der Waals surface area contributed by atoms with E-state index >= 15 is 0 Å². The molecule has 1 nitrogen and oxygen atoms in total. The second-order valence-electron chi connectivity index (χ2n) is 5.58. The summed E-state index contributed by atoms with van der Waals surface area (Å²) in [6.45, 7) is 12.8. The molecule has 0 saturated heterocycles. The number of fused-ring (bicyclic) bond motifs is 1. The van der Waals surface area contributed by atoms with Crippen LogP contribution in [-0.2, 0) is 12.8 Å². The lowest BCUT2D eigenvalue weighted by Gasteiger charge is -2.16. The fourth-order valence-electron chi connectivity index (χ4n) is 2.26. The highest BCUT2D eigenvalue weighted by molar-refractivity contribution is 5.41. The Morgan fingerprint density at radius 2 is 1.88 bits per heavy atom. The molecule has 0 spiro atoms. The highest BCUT2D eigenvalue weighted by atomic mass is 16.5. The number of hydrogen-bond donors (Lipinski definition) is 0. The molecule has 0 N–H and O–H groups in total. The van der Waals surface area contributed by atoms with Gasteiger partial charge in [-0.1, -0.05) is 39.8 Å². The SMILES string of the molecule is CC.CC(C)Cc1ccc2c(c1)CC(C)(C)O2. The third-order valence-electron chi connectivity index (χ3n) is 2.77. The maximum atomic E-state index is 5.85. The summed E-state index contributed by atoms with van der Waals surface area (Å²) in [4.78, 5) is 0. The summed E-state index contributed by atoms with van der Waals surface area (Å²) in [6.07, 6.45) is 2.20. The summed E-state index contributed by atoms with van der Waals surface area (Å²) in [6, 6.07) is 6.63. The summed E-state index contributed by atoms with van der Waals surface area (Å²) in [5.74, 6) is 1.80. The van der Waals surface area contributed by atoms with Gasteiger partial charge in [0.15, 0.2) is 0 Å². The van der Waals surface area contributed by atoms with E-state index in [9.17, 15) is 0 Å². The minimum Gasteiger partial charge on any atom is -0.487 e. The molecule has 96 valence electrons. The Morgan fingerprint density at radius 1 is 1.24 bits per heavy atom. The Kier molecular flexibility index (Phi) is 4.62.